The number of sulfonamides is 1. The van der Waals surface area contributed by atoms with E-state index in [9.17, 15) is 22.4 Å². The SMILES string of the molecule is Cc1cc(S(=O)(=O)N2CCC(n3c(=O)n(CC(=O)O)c4cccnc43)CC2)ccc1F. The quantitative estimate of drug-likeness (QED) is 0.636. The lowest BCUT2D eigenvalue weighted by molar-refractivity contribution is -0.137. The predicted molar refractivity (Wildman–Crippen MR) is 110 cm³/mol. The first-order valence-corrected chi connectivity index (χ1v) is 11.2. The fourth-order valence-electron chi connectivity index (χ4n) is 3.99. The highest BCUT2D eigenvalue weighted by molar-refractivity contribution is 7.89. The van der Waals surface area contributed by atoms with E-state index >= 15 is 0 Å². The molecule has 4 rings (SSSR count). The number of imidazole rings is 1. The molecule has 1 aliphatic heterocycles. The minimum atomic E-state index is -3.79. The van der Waals surface area contributed by atoms with E-state index in [0.29, 0.717) is 24.0 Å². The van der Waals surface area contributed by atoms with Gasteiger partial charge in [0.15, 0.2) is 5.65 Å². The summed E-state index contributed by atoms with van der Waals surface area (Å²) in [5.74, 6) is -1.61. The Kier molecular flexibility index (Phi) is 5.40. The number of carbonyl (C=O) groups is 1. The molecule has 0 unspecified atom stereocenters. The van der Waals surface area contributed by atoms with E-state index < -0.39 is 34.0 Å². The molecular formula is C20H21FN4O5S. The molecular weight excluding hydrogens is 427 g/mol. The normalized spacial score (nSPS) is 16.1. The second kappa shape index (κ2) is 7.89. The van der Waals surface area contributed by atoms with Crippen LogP contribution in [0.5, 0.6) is 0 Å². The van der Waals surface area contributed by atoms with Gasteiger partial charge < -0.3 is 5.11 Å². The molecule has 1 aliphatic rings. The van der Waals surface area contributed by atoms with E-state index in [0.717, 1.165) is 10.6 Å². The third-order valence-electron chi connectivity index (χ3n) is 5.57. The van der Waals surface area contributed by atoms with Crippen molar-refractivity contribution < 1.29 is 22.7 Å². The maximum atomic E-state index is 13.5. The summed E-state index contributed by atoms with van der Waals surface area (Å²) in [5.41, 5.74) is 0.572. The van der Waals surface area contributed by atoms with E-state index in [1.165, 1.54) is 34.1 Å². The summed E-state index contributed by atoms with van der Waals surface area (Å²) in [6.07, 6.45) is 2.25. The van der Waals surface area contributed by atoms with Crippen LogP contribution >= 0.6 is 0 Å². The molecule has 9 nitrogen and oxygen atoms in total. The van der Waals surface area contributed by atoms with Crippen LogP contribution in [-0.4, -0.2) is 51.0 Å². The second-order valence-corrected chi connectivity index (χ2v) is 9.46. The van der Waals surface area contributed by atoms with Gasteiger partial charge in [-0.2, -0.15) is 4.31 Å². The van der Waals surface area contributed by atoms with Crippen LogP contribution < -0.4 is 5.69 Å². The van der Waals surface area contributed by atoms with Crippen LogP contribution in [-0.2, 0) is 21.4 Å². The summed E-state index contributed by atoms with van der Waals surface area (Å²) < 4.78 is 43.4. The number of carboxylic acid groups (broad SMARTS) is 1. The number of rotatable bonds is 5. The molecule has 0 aliphatic carbocycles. The van der Waals surface area contributed by atoms with Crippen molar-refractivity contribution in [2.24, 2.45) is 0 Å². The molecule has 1 saturated heterocycles. The van der Waals surface area contributed by atoms with E-state index in [1.54, 1.807) is 12.1 Å². The highest BCUT2D eigenvalue weighted by atomic mass is 32.2. The van der Waals surface area contributed by atoms with Crippen molar-refractivity contribution >= 4 is 27.2 Å². The molecule has 1 aromatic carbocycles. The number of carboxylic acids is 1. The smallest absolute Gasteiger partial charge is 0.331 e. The Morgan fingerprint density at radius 2 is 1.97 bits per heavy atom. The van der Waals surface area contributed by atoms with Crippen LogP contribution in [0.3, 0.4) is 0 Å². The molecule has 0 radical (unpaired) electrons. The number of hydrogen-bond acceptors (Lipinski definition) is 5. The molecule has 0 saturated carbocycles. The van der Waals surface area contributed by atoms with Gasteiger partial charge in [0.25, 0.3) is 0 Å². The van der Waals surface area contributed by atoms with Crippen molar-refractivity contribution in [3.05, 3.63) is 58.4 Å². The first kappa shape index (κ1) is 21.2. The molecule has 1 N–H and O–H groups in total. The van der Waals surface area contributed by atoms with Crippen LogP contribution in [0.2, 0.25) is 0 Å². The van der Waals surface area contributed by atoms with Gasteiger partial charge in [0.1, 0.15) is 12.4 Å². The highest BCUT2D eigenvalue weighted by Crippen LogP contribution is 2.28. The topological polar surface area (TPSA) is 114 Å². The summed E-state index contributed by atoms with van der Waals surface area (Å²) in [7, 11) is -3.79. The number of halogens is 1. The van der Waals surface area contributed by atoms with Gasteiger partial charge in [-0.25, -0.2) is 22.6 Å². The van der Waals surface area contributed by atoms with Crippen molar-refractivity contribution in [2.45, 2.75) is 37.2 Å². The summed E-state index contributed by atoms with van der Waals surface area (Å²) in [5, 5.41) is 9.15. The molecule has 31 heavy (non-hydrogen) atoms. The largest absolute Gasteiger partial charge is 0.480 e. The Bertz CT molecular complexity index is 1320. The first-order valence-electron chi connectivity index (χ1n) is 9.74. The highest BCUT2D eigenvalue weighted by Gasteiger charge is 2.32. The van der Waals surface area contributed by atoms with Crippen LogP contribution in [0.4, 0.5) is 4.39 Å². The van der Waals surface area contributed by atoms with E-state index in [-0.39, 0.29) is 29.6 Å². The minimum absolute atomic E-state index is 0.0294. The van der Waals surface area contributed by atoms with Gasteiger partial charge in [0.05, 0.1) is 10.4 Å². The number of pyridine rings is 1. The summed E-state index contributed by atoms with van der Waals surface area (Å²) in [6.45, 7) is 1.38. The summed E-state index contributed by atoms with van der Waals surface area (Å²) >= 11 is 0. The van der Waals surface area contributed by atoms with Crippen LogP contribution in [0.1, 0.15) is 24.4 Å². The number of fused-ring (bicyclic) bond motifs is 1. The predicted octanol–water partition coefficient (Wildman–Crippen LogP) is 1.76. The van der Waals surface area contributed by atoms with Gasteiger partial charge in [-0.3, -0.25) is 13.9 Å². The second-order valence-electron chi connectivity index (χ2n) is 7.52. The van der Waals surface area contributed by atoms with Crippen molar-refractivity contribution in [3.8, 4) is 0 Å². The number of aryl methyl sites for hydroxylation is 1. The Morgan fingerprint density at radius 3 is 2.61 bits per heavy atom. The van der Waals surface area contributed by atoms with Crippen molar-refractivity contribution in [2.75, 3.05) is 13.1 Å². The van der Waals surface area contributed by atoms with Crippen LogP contribution in [0.15, 0.2) is 46.2 Å². The average molecular weight is 448 g/mol. The molecule has 0 amide bonds. The van der Waals surface area contributed by atoms with E-state index in [2.05, 4.69) is 4.98 Å². The first-order chi connectivity index (χ1) is 14.7. The number of aromatic nitrogens is 3. The number of nitrogens with zero attached hydrogens (tertiary/aromatic N) is 4. The zero-order chi connectivity index (χ0) is 22.3. The summed E-state index contributed by atoms with van der Waals surface area (Å²) in [6, 6.07) is 6.64. The molecule has 0 bridgehead atoms. The molecule has 11 heteroatoms. The number of hydrogen-bond donors (Lipinski definition) is 1. The fraction of sp³-hybridized carbons (Fsp3) is 0.350. The van der Waals surface area contributed by atoms with Crippen molar-refractivity contribution in [1.82, 2.24) is 18.4 Å². The Hall–Kier alpha value is -3.05. The maximum Gasteiger partial charge on any atom is 0.331 e. The molecule has 1 fully saturated rings. The maximum absolute atomic E-state index is 13.5. The Morgan fingerprint density at radius 1 is 1.26 bits per heavy atom. The lowest BCUT2D eigenvalue weighted by Crippen LogP contribution is -2.41. The third-order valence-corrected chi connectivity index (χ3v) is 7.47. The van der Waals surface area contributed by atoms with Gasteiger partial charge >= 0.3 is 11.7 Å². The number of benzene rings is 1. The van der Waals surface area contributed by atoms with Crippen molar-refractivity contribution in [1.29, 1.82) is 0 Å². The zero-order valence-electron chi connectivity index (χ0n) is 16.7. The molecule has 0 spiro atoms. The van der Waals surface area contributed by atoms with Crippen LogP contribution in [0.25, 0.3) is 11.2 Å². The van der Waals surface area contributed by atoms with Crippen LogP contribution in [0, 0.1) is 12.7 Å². The number of piperidine rings is 1. The zero-order valence-corrected chi connectivity index (χ0v) is 17.5. The molecule has 3 aromatic rings. The Balaban J connectivity index is 1.61. The van der Waals surface area contributed by atoms with Crippen molar-refractivity contribution in [3.63, 3.8) is 0 Å². The summed E-state index contributed by atoms with van der Waals surface area (Å²) in [4.78, 5) is 28.4. The molecule has 0 atom stereocenters. The standard InChI is InChI=1S/C20H21FN4O5S/c1-13-11-15(4-5-16(13)21)31(29,30)23-9-6-14(7-10-23)25-19-17(3-2-8-22-19)24(20(25)28)12-18(26)27/h2-5,8,11,14H,6-7,9-10,12H2,1H3,(H,26,27). The van der Waals surface area contributed by atoms with Gasteiger partial charge in [-0.05, 0) is 55.7 Å². The minimum Gasteiger partial charge on any atom is -0.480 e. The van der Waals surface area contributed by atoms with Gasteiger partial charge in [0.2, 0.25) is 10.0 Å². The molecule has 3 heterocycles. The lowest BCUT2D eigenvalue weighted by atomic mass is 10.1. The van der Waals surface area contributed by atoms with E-state index in [1.807, 2.05) is 0 Å². The van der Waals surface area contributed by atoms with Gasteiger partial charge in [-0.15, -0.1) is 0 Å². The van der Waals surface area contributed by atoms with Gasteiger partial charge in [-0.1, -0.05) is 0 Å². The monoisotopic (exact) mass is 448 g/mol. The molecule has 2 aromatic heterocycles. The third kappa shape index (κ3) is 3.74. The van der Waals surface area contributed by atoms with Gasteiger partial charge in [0, 0.05) is 25.3 Å². The Labute approximate surface area is 177 Å². The average Bonchev–Trinajstić information content (AvgIpc) is 3.01. The lowest BCUT2D eigenvalue weighted by Gasteiger charge is -2.31. The molecule has 164 valence electrons. The van der Waals surface area contributed by atoms with E-state index in [4.69, 9.17) is 5.11 Å². The number of aliphatic carboxylic acids is 1. The fourth-order valence-corrected chi connectivity index (χ4v) is 5.55.